The number of likely N-dealkylation sites (tertiary alicyclic amines) is 2. The van der Waals surface area contributed by atoms with Gasteiger partial charge in [0.1, 0.15) is 17.2 Å². The molecule has 5 heterocycles. The molecular formula is C33H43F2N5O3. The third kappa shape index (κ3) is 5.94. The first-order valence-corrected chi connectivity index (χ1v) is 15.5. The number of fused-ring (bicyclic) bond motifs is 1. The minimum absolute atomic E-state index is 0.147. The van der Waals surface area contributed by atoms with Crippen LogP contribution in [0.5, 0.6) is 0 Å². The highest BCUT2D eigenvalue weighted by Crippen LogP contribution is 2.38. The average Bonchev–Trinajstić information content (AvgIpc) is 3.50. The second-order valence-electron chi connectivity index (χ2n) is 12.9. The summed E-state index contributed by atoms with van der Waals surface area (Å²) in [5, 5.41) is 0. The predicted octanol–water partition coefficient (Wildman–Crippen LogP) is 4.59. The molecule has 3 aromatic rings. The van der Waals surface area contributed by atoms with Crippen molar-refractivity contribution >= 4 is 11.4 Å². The number of aryl methyl sites for hydroxylation is 1. The summed E-state index contributed by atoms with van der Waals surface area (Å²) in [6.07, 6.45) is 3.34. The van der Waals surface area contributed by atoms with Gasteiger partial charge in [-0.25, -0.2) is 9.37 Å². The molecule has 3 atom stereocenters. The van der Waals surface area contributed by atoms with Crippen molar-refractivity contribution in [3.63, 3.8) is 0 Å². The number of hydrogen-bond donors (Lipinski definition) is 0. The summed E-state index contributed by atoms with van der Waals surface area (Å²) in [7, 11) is 2.14. The quantitative estimate of drug-likeness (QED) is 0.380. The number of likely N-dealkylation sites (N-methyl/N-ethyl adjacent to an activating group) is 1. The zero-order chi connectivity index (χ0) is 30.4. The molecule has 0 aliphatic carbocycles. The van der Waals surface area contributed by atoms with Crippen LogP contribution in [-0.2, 0) is 9.47 Å². The molecule has 0 radical (unpaired) electrons. The number of pyridine rings is 1. The van der Waals surface area contributed by atoms with E-state index in [9.17, 15) is 9.18 Å². The van der Waals surface area contributed by atoms with Gasteiger partial charge in [0.25, 0.3) is 5.91 Å². The van der Waals surface area contributed by atoms with Gasteiger partial charge in [-0.3, -0.25) is 9.69 Å². The van der Waals surface area contributed by atoms with E-state index in [4.69, 9.17) is 9.47 Å². The number of nitrogens with zero attached hydrogens (tertiary/aromatic N) is 5. The minimum Gasteiger partial charge on any atom is -0.377 e. The van der Waals surface area contributed by atoms with E-state index in [-0.39, 0.29) is 23.4 Å². The van der Waals surface area contributed by atoms with E-state index in [2.05, 4.69) is 35.7 Å². The monoisotopic (exact) mass is 595 g/mol. The number of rotatable bonds is 8. The Morgan fingerprint density at radius 3 is 2.63 bits per heavy atom. The fourth-order valence-electron chi connectivity index (χ4n) is 6.85. The highest BCUT2D eigenvalue weighted by atomic mass is 19.1. The lowest BCUT2D eigenvalue weighted by molar-refractivity contribution is -0.0268. The van der Waals surface area contributed by atoms with E-state index in [1.54, 1.807) is 22.3 Å². The van der Waals surface area contributed by atoms with Gasteiger partial charge in [-0.15, -0.1) is 0 Å². The first-order chi connectivity index (χ1) is 20.6. The smallest absolute Gasteiger partial charge is 0.254 e. The zero-order valence-electron chi connectivity index (χ0n) is 25.9. The molecule has 0 unspecified atom stereocenters. The van der Waals surface area contributed by atoms with Crippen molar-refractivity contribution in [2.24, 2.45) is 5.92 Å². The molecule has 1 amide bonds. The van der Waals surface area contributed by atoms with Crippen molar-refractivity contribution in [2.45, 2.75) is 58.2 Å². The summed E-state index contributed by atoms with van der Waals surface area (Å²) in [6.45, 7) is 13.9. The Balaban J connectivity index is 1.30. The maximum Gasteiger partial charge on any atom is 0.254 e. The van der Waals surface area contributed by atoms with Crippen LogP contribution in [0.2, 0.25) is 0 Å². The van der Waals surface area contributed by atoms with Crippen LogP contribution in [0.15, 0.2) is 30.5 Å². The minimum atomic E-state index is -0.605. The zero-order valence-corrected chi connectivity index (χ0v) is 25.9. The average molecular weight is 596 g/mol. The molecule has 3 aliphatic heterocycles. The lowest BCUT2D eigenvalue weighted by atomic mass is 9.86. The maximum atomic E-state index is 15.4. The summed E-state index contributed by atoms with van der Waals surface area (Å²) in [4.78, 5) is 24.4. The van der Waals surface area contributed by atoms with Crippen molar-refractivity contribution in [2.75, 3.05) is 59.6 Å². The van der Waals surface area contributed by atoms with Crippen LogP contribution in [0.4, 0.5) is 8.78 Å². The van der Waals surface area contributed by atoms with E-state index in [0.29, 0.717) is 66.9 Å². The van der Waals surface area contributed by atoms with Crippen LogP contribution in [0.1, 0.15) is 54.9 Å². The van der Waals surface area contributed by atoms with Gasteiger partial charge >= 0.3 is 0 Å². The molecule has 1 aromatic carbocycles. The number of halogens is 2. The fraction of sp³-hybridized carbons (Fsp3) is 0.576. The molecule has 232 valence electrons. The van der Waals surface area contributed by atoms with E-state index in [1.807, 2.05) is 19.2 Å². The van der Waals surface area contributed by atoms with Gasteiger partial charge in [0.05, 0.1) is 37.5 Å². The van der Waals surface area contributed by atoms with Crippen LogP contribution in [0, 0.1) is 24.6 Å². The maximum absolute atomic E-state index is 15.4. The SMILES string of the molecule is Cc1nc(F)c2c(-c3ccc(F)cc3C(=O)N3CCOC[C@H]3C)cc(C3CN([C@H](CO[C@@H]4CCN(C)C4)C(C)C)C3)cn12. The Kier molecular flexibility index (Phi) is 8.56. The van der Waals surface area contributed by atoms with Crippen LogP contribution >= 0.6 is 0 Å². The molecule has 43 heavy (non-hydrogen) atoms. The van der Waals surface area contributed by atoms with Crippen molar-refractivity contribution in [1.29, 1.82) is 0 Å². The molecule has 0 N–H and O–H groups in total. The largest absolute Gasteiger partial charge is 0.377 e. The van der Waals surface area contributed by atoms with E-state index < -0.39 is 11.8 Å². The third-order valence-electron chi connectivity index (χ3n) is 9.49. The molecule has 8 nitrogen and oxygen atoms in total. The van der Waals surface area contributed by atoms with E-state index in [1.165, 1.54) is 12.1 Å². The molecular weight excluding hydrogens is 552 g/mol. The van der Waals surface area contributed by atoms with Gasteiger partial charge in [-0.2, -0.15) is 4.39 Å². The van der Waals surface area contributed by atoms with Crippen molar-refractivity contribution in [3.8, 4) is 11.1 Å². The Bertz CT molecular complexity index is 1490. The molecule has 0 spiro atoms. The Morgan fingerprint density at radius 2 is 1.93 bits per heavy atom. The molecule has 0 bridgehead atoms. The summed E-state index contributed by atoms with van der Waals surface area (Å²) in [5.74, 6) is -0.200. The normalized spacial score (nSPS) is 22.9. The van der Waals surface area contributed by atoms with Crippen LogP contribution in [0.3, 0.4) is 0 Å². The number of aromatic nitrogens is 2. The molecule has 3 fully saturated rings. The summed E-state index contributed by atoms with van der Waals surface area (Å²) >= 11 is 0. The summed E-state index contributed by atoms with van der Waals surface area (Å²) in [5.41, 5.74) is 2.61. The second-order valence-corrected chi connectivity index (χ2v) is 12.9. The molecule has 0 saturated carbocycles. The number of ether oxygens (including phenoxy) is 2. The van der Waals surface area contributed by atoms with Crippen LogP contribution < -0.4 is 0 Å². The Hall–Kier alpha value is -2.92. The highest BCUT2D eigenvalue weighted by Gasteiger charge is 2.37. The summed E-state index contributed by atoms with van der Waals surface area (Å²) in [6, 6.07) is 6.34. The number of imidazole rings is 1. The third-order valence-corrected chi connectivity index (χ3v) is 9.49. The number of amides is 1. The Labute approximate surface area is 252 Å². The van der Waals surface area contributed by atoms with Gasteiger partial charge in [-0.1, -0.05) is 19.9 Å². The standard InChI is InChI=1S/C33H43F2N5O3/c1-20(2)30(19-43-26-8-9-37(5)17-26)38-14-24(15-38)23-12-28(31-32(35)36-22(4)40(31)16-23)27-7-6-25(34)13-29(27)33(41)39-10-11-42-18-21(39)3/h6-7,12-13,16,20-21,24,26,30H,8-11,14-15,17-19H2,1-5H3/t21-,26-,30-/m1/s1. The first-order valence-electron chi connectivity index (χ1n) is 15.5. The number of hydrogen-bond acceptors (Lipinski definition) is 6. The lowest BCUT2D eigenvalue weighted by Gasteiger charge is -2.46. The number of morpholine rings is 1. The number of carbonyl (C=O) groups is 1. The van der Waals surface area contributed by atoms with E-state index >= 15 is 4.39 Å². The number of carbonyl (C=O) groups excluding carboxylic acids is 1. The van der Waals surface area contributed by atoms with Gasteiger partial charge in [0.15, 0.2) is 0 Å². The topological polar surface area (TPSA) is 62.6 Å². The molecule has 6 rings (SSSR count). The second kappa shape index (κ2) is 12.2. The lowest BCUT2D eigenvalue weighted by Crippen LogP contribution is -2.54. The van der Waals surface area contributed by atoms with Gasteiger partial charge in [0.2, 0.25) is 5.95 Å². The summed E-state index contributed by atoms with van der Waals surface area (Å²) < 4.78 is 43.6. The fourth-order valence-corrected chi connectivity index (χ4v) is 6.85. The van der Waals surface area contributed by atoms with Gasteiger partial charge in [-0.05, 0) is 62.6 Å². The Morgan fingerprint density at radius 1 is 1.14 bits per heavy atom. The predicted molar refractivity (Wildman–Crippen MR) is 161 cm³/mol. The van der Waals surface area contributed by atoms with Crippen LogP contribution in [-0.4, -0.2) is 108 Å². The van der Waals surface area contributed by atoms with Crippen LogP contribution in [0.25, 0.3) is 16.6 Å². The van der Waals surface area contributed by atoms with Crippen molar-refractivity contribution < 1.29 is 23.0 Å². The molecule has 2 aromatic heterocycles. The molecule has 3 aliphatic rings. The van der Waals surface area contributed by atoms with Gasteiger partial charge in [0, 0.05) is 56.4 Å². The van der Waals surface area contributed by atoms with Gasteiger partial charge < -0.3 is 23.7 Å². The van der Waals surface area contributed by atoms with Crippen molar-refractivity contribution in [1.82, 2.24) is 24.1 Å². The number of benzene rings is 1. The molecule has 10 heteroatoms. The molecule has 3 saturated heterocycles. The van der Waals surface area contributed by atoms with Crippen molar-refractivity contribution in [3.05, 3.63) is 59.2 Å². The first kappa shape index (κ1) is 30.1. The van der Waals surface area contributed by atoms with E-state index in [0.717, 1.165) is 38.2 Å². The highest BCUT2D eigenvalue weighted by molar-refractivity contribution is 6.03.